The lowest BCUT2D eigenvalue weighted by molar-refractivity contribution is -0.977. The molecular weight excluding hydrogens is 288 g/mol. The Morgan fingerprint density at radius 2 is 1.61 bits per heavy atom. The lowest BCUT2D eigenvalue weighted by Crippen LogP contribution is -2.61. The molecule has 0 spiro atoms. The van der Waals surface area contributed by atoms with Gasteiger partial charge < -0.3 is 5.11 Å². The molecule has 1 aliphatic rings. The van der Waals surface area contributed by atoms with Gasteiger partial charge in [-0.25, -0.2) is 4.59 Å². The summed E-state index contributed by atoms with van der Waals surface area (Å²) in [5.41, 5.74) is 5.05. The van der Waals surface area contributed by atoms with Crippen LogP contribution in [0.2, 0.25) is 0 Å². The molecule has 2 aromatic rings. The molecule has 1 heterocycles. The highest BCUT2D eigenvalue weighted by molar-refractivity contribution is 5.93. The second kappa shape index (κ2) is 6.84. The monoisotopic (exact) mass is 311 g/mol. The van der Waals surface area contributed by atoms with Gasteiger partial charge in [-0.3, -0.25) is 4.79 Å². The minimum Gasteiger partial charge on any atom is -0.508 e. The average Bonchev–Trinajstić information content (AvgIpc) is 2.57. The molecule has 0 radical (unpaired) electrons. The first-order valence-electron chi connectivity index (χ1n) is 8.19. The Labute approximate surface area is 136 Å². The van der Waals surface area contributed by atoms with E-state index in [2.05, 4.69) is 17.6 Å². The number of nitrogens with zero attached hydrogens (tertiary/aromatic N) is 1. The van der Waals surface area contributed by atoms with Crippen molar-refractivity contribution in [3.8, 4) is 5.75 Å². The molecule has 0 aromatic heterocycles. The van der Waals surface area contributed by atoms with Crippen LogP contribution in [0.4, 0.5) is 0 Å². The Balaban J connectivity index is 1.78. The molecule has 1 fully saturated rings. The molecular formula is C19H23N2O2+. The van der Waals surface area contributed by atoms with E-state index in [1.165, 1.54) is 12.0 Å². The Morgan fingerprint density at radius 3 is 2.26 bits per heavy atom. The number of aromatic hydroxyl groups is 1. The standard InChI is InChI=1S/C19H22N2O2/c22-18-11-9-17(10-12-18)19(23)20-21(13-5-2-6-14-21)15-16-7-3-1-4-8-16/h1,3-4,7-12H,2,5-6,13-15H2,(H-,20,22,23)/p+1. The number of hydrogen-bond acceptors (Lipinski definition) is 2. The molecule has 3 rings (SSSR count). The molecule has 0 atom stereocenters. The molecule has 2 aromatic carbocycles. The summed E-state index contributed by atoms with van der Waals surface area (Å²) in [6, 6.07) is 16.7. The number of carbonyl (C=O) groups is 1. The second-order valence-electron chi connectivity index (χ2n) is 6.28. The van der Waals surface area contributed by atoms with E-state index in [4.69, 9.17) is 0 Å². The minimum atomic E-state index is -0.0807. The largest absolute Gasteiger partial charge is 0.508 e. The van der Waals surface area contributed by atoms with Gasteiger partial charge in [0, 0.05) is 11.1 Å². The van der Waals surface area contributed by atoms with Gasteiger partial charge in [-0.1, -0.05) is 30.3 Å². The molecule has 4 nitrogen and oxygen atoms in total. The van der Waals surface area contributed by atoms with E-state index in [0.29, 0.717) is 10.2 Å². The van der Waals surface area contributed by atoms with E-state index in [-0.39, 0.29) is 11.7 Å². The van der Waals surface area contributed by atoms with Gasteiger partial charge in [0.25, 0.3) is 5.91 Å². The maximum absolute atomic E-state index is 12.6. The van der Waals surface area contributed by atoms with Crippen molar-refractivity contribution in [3.63, 3.8) is 0 Å². The van der Waals surface area contributed by atoms with Crippen LogP contribution in [0.25, 0.3) is 0 Å². The highest BCUT2D eigenvalue weighted by atomic mass is 16.3. The van der Waals surface area contributed by atoms with E-state index in [1.54, 1.807) is 24.3 Å². The molecule has 0 saturated carbocycles. The molecule has 1 aliphatic heterocycles. The third-order valence-corrected chi connectivity index (χ3v) is 4.47. The highest BCUT2D eigenvalue weighted by Gasteiger charge is 2.33. The number of phenols is 1. The zero-order valence-electron chi connectivity index (χ0n) is 13.2. The number of nitrogens with one attached hydrogen (secondary N) is 1. The zero-order valence-corrected chi connectivity index (χ0v) is 13.2. The van der Waals surface area contributed by atoms with Gasteiger partial charge in [-0.2, -0.15) is 5.43 Å². The quantitative estimate of drug-likeness (QED) is 0.852. The molecule has 1 amide bonds. The maximum atomic E-state index is 12.6. The molecule has 2 N–H and O–H groups in total. The highest BCUT2D eigenvalue weighted by Crippen LogP contribution is 2.21. The van der Waals surface area contributed by atoms with Crippen LogP contribution in [0.5, 0.6) is 5.75 Å². The van der Waals surface area contributed by atoms with Crippen LogP contribution >= 0.6 is 0 Å². The summed E-state index contributed by atoms with van der Waals surface area (Å²) in [6.45, 7) is 2.72. The van der Waals surface area contributed by atoms with Crippen LogP contribution in [-0.2, 0) is 6.54 Å². The summed E-state index contributed by atoms with van der Waals surface area (Å²) in [4.78, 5) is 12.6. The number of hydrogen-bond donors (Lipinski definition) is 2. The smallest absolute Gasteiger partial charge is 0.295 e. The van der Waals surface area contributed by atoms with Crippen molar-refractivity contribution in [2.75, 3.05) is 13.1 Å². The topological polar surface area (TPSA) is 49.3 Å². The van der Waals surface area contributed by atoms with Gasteiger partial charge >= 0.3 is 0 Å². The van der Waals surface area contributed by atoms with Crippen LogP contribution < -0.4 is 5.43 Å². The van der Waals surface area contributed by atoms with Crippen molar-refractivity contribution >= 4 is 5.91 Å². The number of rotatable bonds is 4. The van der Waals surface area contributed by atoms with Crippen LogP contribution in [0.15, 0.2) is 54.6 Å². The molecule has 120 valence electrons. The van der Waals surface area contributed by atoms with Crippen molar-refractivity contribution in [2.24, 2.45) is 0 Å². The van der Waals surface area contributed by atoms with E-state index in [9.17, 15) is 9.90 Å². The Kier molecular flexibility index (Phi) is 4.63. The number of quaternary nitrogens is 1. The molecule has 23 heavy (non-hydrogen) atoms. The van der Waals surface area contributed by atoms with E-state index < -0.39 is 0 Å². The SMILES string of the molecule is O=C(N[N+]1(Cc2ccccc2)CCCCC1)c1ccc(O)cc1. The van der Waals surface area contributed by atoms with E-state index >= 15 is 0 Å². The van der Waals surface area contributed by atoms with Crippen molar-refractivity contribution in [2.45, 2.75) is 25.8 Å². The van der Waals surface area contributed by atoms with Crippen molar-refractivity contribution in [3.05, 3.63) is 65.7 Å². The fourth-order valence-corrected chi connectivity index (χ4v) is 3.25. The number of piperidine rings is 1. The minimum absolute atomic E-state index is 0.0807. The van der Waals surface area contributed by atoms with Gasteiger partial charge in [0.05, 0.1) is 0 Å². The molecule has 0 unspecified atom stereocenters. The zero-order chi connectivity index (χ0) is 16.1. The lowest BCUT2D eigenvalue weighted by atomic mass is 10.1. The van der Waals surface area contributed by atoms with Gasteiger partial charge in [0.2, 0.25) is 0 Å². The summed E-state index contributed by atoms with van der Waals surface area (Å²) in [6.07, 6.45) is 3.48. The number of benzene rings is 2. The third-order valence-electron chi connectivity index (χ3n) is 4.47. The summed E-state index contributed by atoms with van der Waals surface area (Å²) in [7, 11) is 0. The molecule has 1 saturated heterocycles. The predicted molar refractivity (Wildman–Crippen MR) is 89.6 cm³/mol. The first kappa shape index (κ1) is 15.6. The first-order chi connectivity index (χ1) is 11.2. The van der Waals surface area contributed by atoms with Crippen LogP contribution in [-0.4, -0.2) is 28.7 Å². The van der Waals surface area contributed by atoms with Crippen molar-refractivity contribution in [1.29, 1.82) is 0 Å². The lowest BCUT2D eigenvalue weighted by Gasteiger charge is -2.40. The number of phenolic OH excluding ortho intramolecular Hbond substituents is 1. The number of carbonyl (C=O) groups excluding carboxylic acids is 1. The Morgan fingerprint density at radius 1 is 0.957 bits per heavy atom. The Bertz CT molecular complexity index is 647. The summed E-state index contributed by atoms with van der Waals surface area (Å²) in [5.74, 6) is 0.0931. The van der Waals surface area contributed by atoms with E-state index in [0.717, 1.165) is 32.5 Å². The van der Waals surface area contributed by atoms with Crippen molar-refractivity contribution in [1.82, 2.24) is 5.43 Å². The number of likely N-dealkylation sites (tertiary alicyclic amines) is 1. The van der Waals surface area contributed by atoms with E-state index in [1.807, 2.05) is 18.2 Å². The van der Waals surface area contributed by atoms with Crippen LogP contribution in [0, 0.1) is 0 Å². The van der Waals surface area contributed by atoms with Gasteiger partial charge in [-0.05, 0) is 43.5 Å². The van der Waals surface area contributed by atoms with Gasteiger partial charge in [0.15, 0.2) is 0 Å². The fourth-order valence-electron chi connectivity index (χ4n) is 3.25. The third kappa shape index (κ3) is 3.90. The van der Waals surface area contributed by atoms with Gasteiger partial charge in [0.1, 0.15) is 25.4 Å². The molecule has 4 heteroatoms. The van der Waals surface area contributed by atoms with Crippen LogP contribution in [0.1, 0.15) is 35.2 Å². The maximum Gasteiger partial charge on any atom is 0.295 e. The fraction of sp³-hybridized carbons (Fsp3) is 0.316. The normalized spacial score (nSPS) is 16.7. The Hall–Kier alpha value is -2.33. The summed E-state index contributed by atoms with van der Waals surface area (Å²) in [5, 5.41) is 9.37. The van der Waals surface area contributed by atoms with Gasteiger partial charge in [-0.15, -0.1) is 0 Å². The number of amides is 1. The predicted octanol–water partition coefficient (Wildman–Crippen LogP) is 3.24. The second-order valence-corrected chi connectivity index (χ2v) is 6.28. The first-order valence-corrected chi connectivity index (χ1v) is 8.19. The molecule has 0 bridgehead atoms. The molecule has 0 aliphatic carbocycles. The average molecular weight is 311 g/mol. The summed E-state index contributed by atoms with van der Waals surface area (Å²) < 4.78 is 0.601. The van der Waals surface area contributed by atoms with Crippen LogP contribution in [0.3, 0.4) is 0 Å². The summed E-state index contributed by atoms with van der Waals surface area (Å²) >= 11 is 0. The van der Waals surface area contributed by atoms with Crippen molar-refractivity contribution < 1.29 is 14.5 Å².